The summed E-state index contributed by atoms with van der Waals surface area (Å²) in [5.74, 6) is 0.722. The zero-order valence-electron chi connectivity index (χ0n) is 12.2. The summed E-state index contributed by atoms with van der Waals surface area (Å²) < 4.78 is 5.21. The summed E-state index contributed by atoms with van der Waals surface area (Å²) in [5, 5.41) is 9.13. The van der Waals surface area contributed by atoms with Crippen LogP contribution in [0.2, 0.25) is 0 Å². The number of ketones is 1. The Hall–Kier alpha value is -2.59. The normalized spacial score (nSPS) is 10.0. The molecular weight excluding hydrogens is 300 g/mol. The molecule has 0 aliphatic rings. The molecule has 7 heteroatoms. The number of aryl methyl sites for hydroxylation is 1. The number of hydrogen-bond acceptors (Lipinski definition) is 7. The van der Waals surface area contributed by atoms with Crippen molar-refractivity contribution in [3.63, 3.8) is 0 Å². The molecule has 1 heterocycles. The van der Waals surface area contributed by atoms with Crippen molar-refractivity contribution in [2.24, 2.45) is 0 Å². The zero-order chi connectivity index (χ0) is 16.1. The minimum Gasteiger partial charge on any atom is -0.496 e. The third-order valence-electron chi connectivity index (χ3n) is 2.90. The summed E-state index contributed by atoms with van der Waals surface area (Å²) in [6.45, 7) is 1.91. The lowest BCUT2D eigenvalue weighted by molar-refractivity contribution is 0.101. The second kappa shape index (κ2) is 6.91. The summed E-state index contributed by atoms with van der Waals surface area (Å²) in [7, 11) is 1.53. The second-order valence-electron chi connectivity index (χ2n) is 4.48. The third kappa shape index (κ3) is 3.54. The lowest BCUT2D eigenvalue weighted by atomic mass is 10.1. The monoisotopic (exact) mass is 314 g/mol. The fourth-order valence-corrected chi connectivity index (χ4v) is 2.49. The molecule has 0 amide bonds. The number of carbonyl (C=O) groups is 1. The number of nitriles is 1. The first-order valence-corrected chi connectivity index (χ1v) is 7.37. The van der Waals surface area contributed by atoms with Crippen LogP contribution in [0.5, 0.6) is 5.75 Å². The first kappa shape index (κ1) is 15.8. The molecule has 0 saturated carbocycles. The molecule has 0 aliphatic carbocycles. The molecule has 2 rings (SSSR count). The van der Waals surface area contributed by atoms with Gasteiger partial charge in [0.1, 0.15) is 23.2 Å². The van der Waals surface area contributed by atoms with Crippen LogP contribution in [0.15, 0.2) is 29.6 Å². The van der Waals surface area contributed by atoms with E-state index in [1.165, 1.54) is 25.1 Å². The Labute approximate surface area is 132 Å². The number of thioether (sulfide) groups is 1. The molecular formula is C15H14N4O2S. The number of ether oxygens (including phenoxy) is 1. The molecule has 0 spiro atoms. The Balaban J connectivity index is 2.12. The Bertz CT molecular complexity index is 756. The molecule has 22 heavy (non-hydrogen) atoms. The number of carbonyl (C=O) groups excluding carboxylic acids is 1. The van der Waals surface area contributed by atoms with Gasteiger partial charge >= 0.3 is 0 Å². The zero-order valence-corrected chi connectivity index (χ0v) is 13.0. The number of rotatable bonds is 5. The van der Waals surface area contributed by atoms with Crippen molar-refractivity contribution in [1.82, 2.24) is 9.97 Å². The van der Waals surface area contributed by atoms with Gasteiger partial charge in [-0.2, -0.15) is 5.26 Å². The standard InChI is InChI=1S/C15H14N4O2S/c1-9-3-4-13(21-2)11(5-9)12(20)8-22-15-18-7-10(6-16)14(17)19-15/h3-5,7H,8H2,1-2H3,(H2,17,18,19). The van der Waals surface area contributed by atoms with Crippen LogP contribution in [0.25, 0.3) is 0 Å². The van der Waals surface area contributed by atoms with Gasteiger partial charge in [-0.05, 0) is 19.1 Å². The van der Waals surface area contributed by atoms with Gasteiger partial charge in [0.15, 0.2) is 10.9 Å². The molecule has 0 saturated heterocycles. The largest absolute Gasteiger partial charge is 0.496 e. The number of nitrogens with zero attached hydrogens (tertiary/aromatic N) is 3. The molecule has 0 bridgehead atoms. The van der Waals surface area contributed by atoms with Gasteiger partial charge in [-0.25, -0.2) is 9.97 Å². The molecule has 1 aromatic carbocycles. The summed E-state index contributed by atoms with van der Waals surface area (Å²) in [6, 6.07) is 7.33. The average molecular weight is 314 g/mol. The predicted molar refractivity (Wildman–Crippen MR) is 83.9 cm³/mol. The van der Waals surface area contributed by atoms with Crippen LogP contribution in [0.4, 0.5) is 5.82 Å². The third-order valence-corrected chi connectivity index (χ3v) is 3.77. The lowest BCUT2D eigenvalue weighted by Crippen LogP contribution is -2.06. The van der Waals surface area contributed by atoms with E-state index >= 15 is 0 Å². The number of benzene rings is 1. The number of aromatic nitrogens is 2. The minimum atomic E-state index is -0.0860. The molecule has 0 fully saturated rings. The van der Waals surface area contributed by atoms with E-state index in [-0.39, 0.29) is 22.9 Å². The van der Waals surface area contributed by atoms with Gasteiger partial charge in [0, 0.05) is 0 Å². The number of methoxy groups -OCH3 is 1. The van der Waals surface area contributed by atoms with Crippen LogP contribution in [0.1, 0.15) is 21.5 Å². The highest BCUT2D eigenvalue weighted by molar-refractivity contribution is 7.99. The quantitative estimate of drug-likeness (QED) is 0.513. The van der Waals surface area contributed by atoms with Crippen LogP contribution in [-0.4, -0.2) is 28.6 Å². The smallest absolute Gasteiger partial charge is 0.189 e. The van der Waals surface area contributed by atoms with Gasteiger partial charge in [-0.15, -0.1) is 0 Å². The molecule has 0 unspecified atom stereocenters. The molecule has 1 aromatic heterocycles. The van der Waals surface area contributed by atoms with Gasteiger partial charge in [-0.1, -0.05) is 23.4 Å². The summed E-state index contributed by atoms with van der Waals surface area (Å²) in [6.07, 6.45) is 1.35. The average Bonchev–Trinajstić information content (AvgIpc) is 2.52. The summed E-state index contributed by atoms with van der Waals surface area (Å²) in [4.78, 5) is 20.3. The first-order chi connectivity index (χ1) is 10.5. The van der Waals surface area contributed by atoms with Crippen molar-refractivity contribution >= 4 is 23.4 Å². The van der Waals surface area contributed by atoms with E-state index in [1.54, 1.807) is 12.1 Å². The van der Waals surface area contributed by atoms with E-state index in [1.807, 2.05) is 19.1 Å². The van der Waals surface area contributed by atoms with Gasteiger partial charge in [-0.3, -0.25) is 4.79 Å². The Morgan fingerprint density at radius 1 is 1.50 bits per heavy atom. The van der Waals surface area contributed by atoms with Crippen LogP contribution in [0.3, 0.4) is 0 Å². The highest BCUT2D eigenvalue weighted by Crippen LogP contribution is 2.23. The Kier molecular flexibility index (Phi) is 4.96. The SMILES string of the molecule is COc1ccc(C)cc1C(=O)CSc1ncc(C#N)c(N)n1. The highest BCUT2D eigenvalue weighted by Gasteiger charge is 2.14. The van der Waals surface area contributed by atoms with E-state index in [0.29, 0.717) is 16.5 Å². The van der Waals surface area contributed by atoms with Gasteiger partial charge in [0.05, 0.1) is 24.6 Å². The number of anilines is 1. The predicted octanol–water partition coefficient (Wildman–Crippen LogP) is 2.22. The molecule has 0 radical (unpaired) electrons. The number of hydrogen-bond donors (Lipinski definition) is 1. The molecule has 2 aromatic rings. The van der Waals surface area contributed by atoms with Crippen LogP contribution in [-0.2, 0) is 0 Å². The van der Waals surface area contributed by atoms with E-state index in [9.17, 15) is 4.79 Å². The maximum atomic E-state index is 12.3. The Morgan fingerprint density at radius 2 is 2.27 bits per heavy atom. The van der Waals surface area contributed by atoms with Crippen molar-refractivity contribution in [2.45, 2.75) is 12.1 Å². The fraction of sp³-hybridized carbons (Fsp3) is 0.200. The van der Waals surface area contributed by atoms with Crippen molar-refractivity contribution in [2.75, 3.05) is 18.6 Å². The Morgan fingerprint density at radius 3 is 2.91 bits per heavy atom. The highest BCUT2D eigenvalue weighted by atomic mass is 32.2. The van der Waals surface area contributed by atoms with Crippen LogP contribution >= 0.6 is 11.8 Å². The van der Waals surface area contributed by atoms with Crippen LogP contribution in [0, 0.1) is 18.3 Å². The molecule has 0 aliphatic heterocycles. The summed E-state index contributed by atoms with van der Waals surface area (Å²) >= 11 is 1.17. The van der Waals surface area contributed by atoms with Crippen molar-refractivity contribution < 1.29 is 9.53 Å². The molecule has 6 nitrogen and oxygen atoms in total. The van der Waals surface area contributed by atoms with E-state index in [4.69, 9.17) is 15.7 Å². The number of nitrogens with two attached hydrogens (primary N) is 1. The van der Waals surface area contributed by atoms with Crippen molar-refractivity contribution in [3.8, 4) is 11.8 Å². The van der Waals surface area contributed by atoms with Crippen LogP contribution < -0.4 is 10.5 Å². The molecule has 112 valence electrons. The van der Waals surface area contributed by atoms with Gasteiger partial charge < -0.3 is 10.5 Å². The second-order valence-corrected chi connectivity index (χ2v) is 5.42. The van der Waals surface area contributed by atoms with Gasteiger partial charge in [0.2, 0.25) is 0 Å². The topological polar surface area (TPSA) is 102 Å². The van der Waals surface area contributed by atoms with Crippen molar-refractivity contribution in [3.05, 3.63) is 41.1 Å². The maximum Gasteiger partial charge on any atom is 0.189 e. The number of nitrogen functional groups attached to an aromatic ring is 1. The lowest BCUT2D eigenvalue weighted by Gasteiger charge is -2.08. The van der Waals surface area contributed by atoms with Crippen molar-refractivity contribution in [1.29, 1.82) is 5.26 Å². The van der Waals surface area contributed by atoms with E-state index in [0.717, 1.165) is 5.56 Å². The van der Waals surface area contributed by atoms with E-state index in [2.05, 4.69) is 9.97 Å². The summed E-state index contributed by atoms with van der Waals surface area (Å²) in [5.41, 5.74) is 7.35. The molecule has 0 atom stereocenters. The maximum absolute atomic E-state index is 12.3. The fourth-order valence-electron chi connectivity index (χ4n) is 1.78. The molecule has 2 N–H and O–H groups in total. The number of Topliss-reactive ketones (excluding diaryl/α,β-unsaturated/α-hetero) is 1. The first-order valence-electron chi connectivity index (χ1n) is 6.38. The van der Waals surface area contributed by atoms with E-state index < -0.39 is 0 Å². The minimum absolute atomic E-state index is 0.0860. The van der Waals surface area contributed by atoms with Gasteiger partial charge in [0.25, 0.3) is 0 Å².